The van der Waals surface area contributed by atoms with Crippen molar-refractivity contribution >= 4 is 33.3 Å². The van der Waals surface area contributed by atoms with Crippen molar-refractivity contribution in [2.45, 2.75) is 6.42 Å². The van der Waals surface area contributed by atoms with E-state index in [1.165, 1.54) is 4.90 Å². The molecule has 0 fully saturated rings. The molecule has 0 saturated heterocycles. The molecule has 0 aliphatic carbocycles. The van der Waals surface area contributed by atoms with Gasteiger partial charge in [-0.15, -0.1) is 11.3 Å². The highest BCUT2D eigenvalue weighted by molar-refractivity contribution is 7.21. The zero-order valence-corrected chi connectivity index (χ0v) is 16.6. The average Bonchev–Trinajstić information content (AvgIpc) is 3.16. The minimum absolute atomic E-state index is 0.101. The third-order valence-electron chi connectivity index (χ3n) is 4.48. The minimum Gasteiger partial charge on any atom is -0.395 e. The van der Waals surface area contributed by atoms with Crippen LogP contribution in [0.25, 0.3) is 20.7 Å². The van der Waals surface area contributed by atoms with E-state index >= 15 is 0 Å². The average molecular weight is 401 g/mol. The molecule has 0 aliphatic heterocycles. The predicted octanol–water partition coefficient (Wildman–Crippen LogP) is 2.00. The van der Waals surface area contributed by atoms with Crippen LogP contribution in [0.5, 0.6) is 0 Å². The quantitative estimate of drug-likeness (QED) is 0.571. The molecule has 3 aromatic rings. The smallest absolute Gasteiger partial charge is 0.224 e. The Morgan fingerprint density at radius 2 is 1.79 bits per heavy atom. The lowest BCUT2D eigenvalue weighted by molar-refractivity contribution is -0.132. The fourth-order valence-electron chi connectivity index (χ4n) is 3.02. The molecular formula is C20H24N4O3S. The van der Waals surface area contributed by atoms with Gasteiger partial charge in [0.2, 0.25) is 5.91 Å². The first-order chi connectivity index (χ1) is 13.6. The number of carbonyl (C=O) groups excluding carboxylic acids is 1. The van der Waals surface area contributed by atoms with Crippen LogP contribution in [0.4, 0.5) is 5.82 Å². The number of carbonyl (C=O) groups is 1. The molecule has 0 spiro atoms. The predicted molar refractivity (Wildman–Crippen MR) is 111 cm³/mol. The number of fused-ring (bicyclic) bond motifs is 1. The van der Waals surface area contributed by atoms with Crippen molar-refractivity contribution in [1.29, 1.82) is 0 Å². The second kappa shape index (κ2) is 9.59. The van der Waals surface area contributed by atoms with Gasteiger partial charge in [0.15, 0.2) is 0 Å². The fourth-order valence-corrected chi connectivity index (χ4v) is 4.02. The number of aromatic nitrogens is 2. The van der Waals surface area contributed by atoms with E-state index in [1.54, 1.807) is 17.7 Å². The van der Waals surface area contributed by atoms with Crippen molar-refractivity contribution in [3.8, 4) is 10.4 Å². The first-order valence-corrected chi connectivity index (χ1v) is 9.96. The number of hydrogen-bond acceptors (Lipinski definition) is 7. The van der Waals surface area contributed by atoms with Crippen LogP contribution in [0.2, 0.25) is 0 Å². The number of thiophene rings is 1. The highest BCUT2D eigenvalue weighted by atomic mass is 32.1. The SMILES string of the molecule is CN(CCC(=O)N(CCO)CCO)c1ncnc2sc(-c3ccccc3)cc12. The van der Waals surface area contributed by atoms with Gasteiger partial charge in [-0.2, -0.15) is 0 Å². The summed E-state index contributed by atoms with van der Waals surface area (Å²) in [6.07, 6.45) is 1.82. The van der Waals surface area contributed by atoms with E-state index in [-0.39, 0.29) is 38.6 Å². The Hall–Kier alpha value is -2.55. The van der Waals surface area contributed by atoms with E-state index in [2.05, 4.69) is 28.2 Å². The van der Waals surface area contributed by atoms with Gasteiger partial charge in [0.25, 0.3) is 0 Å². The molecule has 7 nitrogen and oxygen atoms in total. The Bertz CT molecular complexity index is 910. The van der Waals surface area contributed by atoms with Gasteiger partial charge < -0.3 is 20.0 Å². The summed E-state index contributed by atoms with van der Waals surface area (Å²) in [6, 6.07) is 12.2. The Morgan fingerprint density at radius 1 is 1.07 bits per heavy atom. The van der Waals surface area contributed by atoms with E-state index in [0.29, 0.717) is 6.54 Å². The Kier molecular flexibility index (Phi) is 6.91. The maximum atomic E-state index is 12.4. The van der Waals surface area contributed by atoms with Crippen LogP contribution in [-0.4, -0.2) is 70.9 Å². The highest BCUT2D eigenvalue weighted by Gasteiger charge is 2.16. The second-order valence-corrected chi connectivity index (χ2v) is 7.42. The standard InChI is InChI=1S/C20H24N4O3S/c1-23(8-7-18(27)24(9-11-25)10-12-26)19-16-13-17(15-5-3-2-4-6-15)28-20(16)22-14-21-19/h2-6,13-14,25-26H,7-12H2,1H3. The van der Waals surface area contributed by atoms with E-state index in [1.807, 2.05) is 30.1 Å². The van der Waals surface area contributed by atoms with E-state index in [0.717, 1.165) is 26.5 Å². The Balaban J connectivity index is 1.75. The van der Waals surface area contributed by atoms with Crippen LogP contribution in [0, 0.1) is 0 Å². The van der Waals surface area contributed by atoms with Crippen LogP contribution in [-0.2, 0) is 4.79 Å². The van der Waals surface area contributed by atoms with Crippen LogP contribution in [0.15, 0.2) is 42.7 Å². The number of amides is 1. The molecule has 8 heteroatoms. The first-order valence-electron chi connectivity index (χ1n) is 9.14. The maximum absolute atomic E-state index is 12.4. The molecule has 2 aromatic heterocycles. The van der Waals surface area contributed by atoms with Gasteiger partial charge in [0.1, 0.15) is 17.0 Å². The lowest BCUT2D eigenvalue weighted by Gasteiger charge is -2.23. The molecular weight excluding hydrogens is 376 g/mol. The summed E-state index contributed by atoms with van der Waals surface area (Å²) >= 11 is 1.62. The van der Waals surface area contributed by atoms with Gasteiger partial charge in [-0.1, -0.05) is 30.3 Å². The molecule has 2 N–H and O–H groups in total. The molecule has 1 amide bonds. The number of aliphatic hydroxyl groups excluding tert-OH is 2. The Labute approximate surface area is 167 Å². The van der Waals surface area contributed by atoms with E-state index in [9.17, 15) is 4.79 Å². The van der Waals surface area contributed by atoms with Crippen LogP contribution in [0.3, 0.4) is 0 Å². The first kappa shape index (κ1) is 20.2. The number of rotatable bonds is 9. The summed E-state index contributed by atoms with van der Waals surface area (Å²) in [4.78, 5) is 26.6. The third kappa shape index (κ3) is 4.64. The lowest BCUT2D eigenvalue weighted by atomic mass is 10.2. The largest absolute Gasteiger partial charge is 0.395 e. The number of benzene rings is 1. The summed E-state index contributed by atoms with van der Waals surface area (Å²) in [7, 11) is 1.90. The molecule has 0 bridgehead atoms. The monoisotopic (exact) mass is 400 g/mol. The van der Waals surface area contributed by atoms with Crippen molar-refractivity contribution in [2.24, 2.45) is 0 Å². The minimum atomic E-state index is -0.120. The summed E-state index contributed by atoms with van der Waals surface area (Å²) < 4.78 is 0. The van der Waals surface area contributed by atoms with E-state index in [4.69, 9.17) is 10.2 Å². The summed E-state index contributed by atoms with van der Waals surface area (Å²) in [5.74, 6) is 0.683. The zero-order chi connectivity index (χ0) is 19.9. The molecule has 0 atom stereocenters. The molecule has 0 saturated carbocycles. The lowest BCUT2D eigenvalue weighted by Crippen LogP contribution is -2.37. The molecule has 0 aliphatic rings. The van der Waals surface area contributed by atoms with Crippen molar-refractivity contribution < 1.29 is 15.0 Å². The molecule has 0 unspecified atom stereocenters. The molecule has 28 heavy (non-hydrogen) atoms. The fraction of sp³-hybridized carbons (Fsp3) is 0.350. The van der Waals surface area contributed by atoms with Crippen LogP contribution in [0.1, 0.15) is 6.42 Å². The zero-order valence-electron chi connectivity index (χ0n) is 15.8. The number of hydrogen-bond donors (Lipinski definition) is 2. The van der Waals surface area contributed by atoms with E-state index < -0.39 is 0 Å². The van der Waals surface area contributed by atoms with Gasteiger partial charge in [0, 0.05) is 38.0 Å². The van der Waals surface area contributed by atoms with Gasteiger partial charge in [-0.05, 0) is 11.6 Å². The maximum Gasteiger partial charge on any atom is 0.224 e. The van der Waals surface area contributed by atoms with Gasteiger partial charge >= 0.3 is 0 Å². The van der Waals surface area contributed by atoms with Crippen molar-refractivity contribution in [2.75, 3.05) is 44.8 Å². The number of anilines is 1. The van der Waals surface area contributed by atoms with Crippen LogP contribution < -0.4 is 4.90 Å². The summed E-state index contributed by atoms with van der Waals surface area (Å²) in [5, 5.41) is 19.1. The molecule has 1 aromatic carbocycles. The normalized spacial score (nSPS) is 11.0. The highest BCUT2D eigenvalue weighted by Crippen LogP contribution is 2.35. The Morgan fingerprint density at radius 3 is 2.46 bits per heavy atom. The molecule has 3 rings (SSSR count). The number of nitrogens with zero attached hydrogens (tertiary/aromatic N) is 4. The summed E-state index contributed by atoms with van der Waals surface area (Å²) in [6.45, 7) is 0.697. The van der Waals surface area contributed by atoms with Gasteiger partial charge in [-0.25, -0.2) is 9.97 Å². The number of aliphatic hydroxyl groups is 2. The molecule has 0 radical (unpaired) electrons. The van der Waals surface area contributed by atoms with Crippen LogP contribution >= 0.6 is 11.3 Å². The summed E-state index contributed by atoms with van der Waals surface area (Å²) in [5.41, 5.74) is 1.14. The van der Waals surface area contributed by atoms with Crippen molar-refractivity contribution in [3.05, 3.63) is 42.7 Å². The van der Waals surface area contributed by atoms with Gasteiger partial charge in [-0.3, -0.25) is 4.79 Å². The van der Waals surface area contributed by atoms with Crippen molar-refractivity contribution in [3.63, 3.8) is 0 Å². The molecule has 2 heterocycles. The van der Waals surface area contributed by atoms with Crippen molar-refractivity contribution in [1.82, 2.24) is 14.9 Å². The third-order valence-corrected chi connectivity index (χ3v) is 5.57. The molecule has 148 valence electrons. The second-order valence-electron chi connectivity index (χ2n) is 6.39. The van der Waals surface area contributed by atoms with Gasteiger partial charge in [0.05, 0.1) is 18.6 Å². The topological polar surface area (TPSA) is 89.8 Å².